The Balaban J connectivity index is 2.22. The van der Waals surface area contributed by atoms with Crippen LogP contribution in [0.4, 0.5) is 0 Å². The first kappa shape index (κ1) is 12.1. The van der Waals surface area contributed by atoms with E-state index in [1.165, 1.54) is 0 Å². The lowest BCUT2D eigenvalue weighted by molar-refractivity contribution is 0.348. The van der Waals surface area contributed by atoms with Crippen LogP contribution in [-0.2, 0) is 6.42 Å². The van der Waals surface area contributed by atoms with Crippen molar-refractivity contribution in [3.63, 3.8) is 0 Å². The number of nitrogens with zero attached hydrogens (tertiary/aromatic N) is 2. The molecule has 0 unspecified atom stereocenters. The van der Waals surface area contributed by atoms with E-state index in [-0.39, 0.29) is 0 Å². The molecule has 2 N–H and O–H groups in total. The van der Waals surface area contributed by atoms with Gasteiger partial charge < -0.3 is 10.6 Å². The summed E-state index contributed by atoms with van der Waals surface area (Å²) in [7, 11) is 2.07. The molecule has 0 spiro atoms. The zero-order valence-electron chi connectivity index (χ0n) is 9.02. The van der Waals surface area contributed by atoms with Gasteiger partial charge in [-0.3, -0.25) is 4.98 Å². The van der Waals surface area contributed by atoms with Crippen LogP contribution in [0.1, 0.15) is 12.1 Å². The first-order chi connectivity index (χ1) is 7.18. The van der Waals surface area contributed by atoms with Crippen molar-refractivity contribution in [3.8, 4) is 0 Å². The van der Waals surface area contributed by atoms with Crippen LogP contribution in [0.2, 0.25) is 0 Å². The number of hydrogen-bond donors (Lipinski definition) is 1. The molecule has 1 heterocycles. The van der Waals surface area contributed by atoms with E-state index in [0.29, 0.717) is 4.99 Å². The van der Waals surface area contributed by atoms with Gasteiger partial charge in [0, 0.05) is 37.8 Å². The highest BCUT2D eigenvalue weighted by Crippen LogP contribution is 1.97. The van der Waals surface area contributed by atoms with Crippen LogP contribution in [-0.4, -0.2) is 35.0 Å². The van der Waals surface area contributed by atoms with E-state index in [0.717, 1.165) is 31.6 Å². The van der Waals surface area contributed by atoms with Crippen LogP contribution in [0.25, 0.3) is 0 Å². The molecule has 0 radical (unpaired) electrons. The van der Waals surface area contributed by atoms with E-state index >= 15 is 0 Å². The topological polar surface area (TPSA) is 42.1 Å². The van der Waals surface area contributed by atoms with Gasteiger partial charge in [0.05, 0.1) is 4.99 Å². The Kier molecular flexibility index (Phi) is 5.21. The van der Waals surface area contributed by atoms with Crippen LogP contribution in [0.3, 0.4) is 0 Å². The summed E-state index contributed by atoms with van der Waals surface area (Å²) in [6.45, 7) is 1.90. The van der Waals surface area contributed by atoms with Gasteiger partial charge in [-0.05, 0) is 19.2 Å². The summed E-state index contributed by atoms with van der Waals surface area (Å²) in [5, 5.41) is 0. The summed E-state index contributed by atoms with van der Waals surface area (Å²) in [5.74, 6) is 0. The van der Waals surface area contributed by atoms with Gasteiger partial charge in [-0.25, -0.2) is 0 Å². The predicted octanol–water partition coefficient (Wildman–Crippen LogP) is 1.23. The molecule has 0 aliphatic rings. The zero-order valence-corrected chi connectivity index (χ0v) is 9.83. The lowest BCUT2D eigenvalue weighted by Crippen LogP contribution is -2.25. The molecule has 82 valence electrons. The van der Waals surface area contributed by atoms with Crippen LogP contribution in [0.15, 0.2) is 24.4 Å². The number of hydrogen-bond acceptors (Lipinski definition) is 3. The number of thiocarbonyl (C=S) groups is 1. The second kappa shape index (κ2) is 6.48. The highest BCUT2D eigenvalue weighted by molar-refractivity contribution is 7.80. The molecule has 0 aromatic carbocycles. The van der Waals surface area contributed by atoms with E-state index < -0.39 is 0 Å². The van der Waals surface area contributed by atoms with Gasteiger partial charge in [-0.15, -0.1) is 0 Å². The Morgan fingerprint density at radius 2 is 2.27 bits per heavy atom. The normalized spacial score (nSPS) is 10.5. The van der Waals surface area contributed by atoms with Crippen LogP contribution in [0, 0.1) is 0 Å². The van der Waals surface area contributed by atoms with Crippen LogP contribution < -0.4 is 5.73 Å². The van der Waals surface area contributed by atoms with Gasteiger partial charge in [-0.2, -0.15) is 0 Å². The molecule has 0 atom stereocenters. The van der Waals surface area contributed by atoms with Gasteiger partial charge in [0.25, 0.3) is 0 Å². The maximum Gasteiger partial charge on any atom is 0.0740 e. The fraction of sp³-hybridized carbons (Fsp3) is 0.455. The first-order valence-electron chi connectivity index (χ1n) is 5.05. The van der Waals surface area contributed by atoms with Crippen LogP contribution >= 0.6 is 12.2 Å². The summed E-state index contributed by atoms with van der Waals surface area (Å²) >= 11 is 4.83. The fourth-order valence-corrected chi connectivity index (χ4v) is 1.36. The summed E-state index contributed by atoms with van der Waals surface area (Å²) in [5.41, 5.74) is 6.57. The van der Waals surface area contributed by atoms with E-state index in [4.69, 9.17) is 18.0 Å². The van der Waals surface area contributed by atoms with Crippen molar-refractivity contribution >= 4 is 17.2 Å². The molecule has 0 aliphatic heterocycles. The fourth-order valence-electron chi connectivity index (χ4n) is 1.26. The average molecular weight is 223 g/mol. The molecule has 0 amide bonds. The molecule has 1 aromatic rings. The molecule has 0 bridgehead atoms. The van der Waals surface area contributed by atoms with Crippen LogP contribution in [0.5, 0.6) is 0 Å². The number of aromatic nitrogens is 1. The quantitative estimate of drug-likeness (QED) is 0.737. The lowest BCUT2D eigenvalue weighted by atomic mass is 10.2. The third-order valence-electron chi connectivity index (χ3n) is 2.22. The van der Waals surface area contributed by atoms with Gasteiger partial charge in [0.15, 0.2) is 0 Å². The SMILES string of the molecule is CN(CCC(N)=S)CCc1ccccn1. The van der Waals surface area contributed by atoms with Crippen molar-refractivity contribution in [1.82, 2.24) is 9.88 Å². The van der Waals surface area contributed by atoms with Gasteiger partial charge in [0.2, 0.25) is 0 Å². The Hall–Kier alpha value is -1.00. The minimum absolute atomic E-state index is 0.583. The minimum atomic E-state index is 0.583. The second-order valence-electron chi connectivity index (χ2n) is 3.59. The molecule has 0 fully saturated rings. The lowest BCUT2D eigenvalue weighted by Gasteiger charge is -2.15. The van der Waals surface area contributed by atoms with E-state index in [9.17, 15) is 0 Å². The monoisotopic (exact) mass is 223 g/mol. The van der Waals surface area contributed by atoms with E-state index in [1.54, 1.807) is 0 Å². The minimum Gasteiger partial charge on any atom is -0.393 e. The molecule has 4 heteroatoms. The van der Waals surface area contributed by atoms with Crippen molar-refractivity contribution in [2.45, 2.75) is 12.8 Å². The molecular formula is C11H17N3S. The molecule has 3 nitrogen and oxygen atoms in total. The highest BCUT2D eigenvalue weighted by atomic mass is 32.1. The average Bonchev–Trinajstić information content (AvgIpc) is 2.25. The van der Waals surface area contributed by atoms with Crippen molar-refractivity contribution in [1.29, 1.82) is 0 Å². The largest absolute Gasteiger partial charge is 0.393 e. The number of nitrogens with two attached hydrogens (primary N) is 1. The number of rotatable bonds is 6. The Morgan fingerprint density at radius 1 is 1.47 bits per heavy atom. The molecule has 1 aromatic heterocycles. The summed E-state index contributed by atoms with van der Waals surface area (Å²) in [6, 6.07) is 5.98. The van der Waals surface area contributed by atoms with Crippen molar-refractivity contribution in [2.75, 3.05) is 20.1 Å². The molecular weight excluding hydrogens is 206 g/mol. The molecule has 15 heavy (non-hydrogen) atoms. The third-order valence-corrected chi connectivity index (χ3v) is 2.42. The Labute approximate surface area is 96.3 Å². The first-order valence-corrected chi connectivity index (χ1v) is 5.46. The molecule has 0 saturated heterocycles. The van der Waals surface area contributed by atoms with Crippen molar-refractivity contribution < 1.29 is 0 Å². The van der Waals surface area contributed by atoms with Crippen molar-refractivity contribution in [3.05, 3.63) is 30.1 Å². The molecule has 1 rings (SSSR count). The highest BCUT2D eigenvalue weighted by Gasteiger charge is 2.00. The smallest absolute Gasteiger partial charge is 0.0740 e. The number of likely N-dealkylation sites (N-methyl/N-ethyl adjacent to an activating group) is 1. The number of pyridine rings is 1. The van der Waals surface area contributed by atoms with E-state index in [1.807, 2.05) is 24.4 Å². The summed E-state index contributed by atoms with van der Waals surface area (Å²) < 4.78 is 0. The summed E-state index contributed by atoms with van der Waals surface area (Å²) in [4.78, 5) is 7.07. The molecule has 0 saturated carbocycles. The van der Waals surface area contributed by atoms with Crippen molar-refractivity contribution in [2.24, 2.45) is 5.73 Å². The Morgan fingerprint density at radius 3 is 2.87 bits per heavy atom. The maximum atomic E-state index is 5.44. The Bertz CT molecular complexity index is 300. The van der Waals surface area contributed by atoms with Gasteiger partial charge >= 0.3 is 0 Å². The zero-order chi connectivity index (χ0) is 11.1. The summed E-state index contributed by atoms with van der Waals surface area (Å²) in [6.07, 6.45) is 3.58. The van der Waals surface area contributed by atoms with Gasteiger partial charge in [0.1, 0.15) is 0 Å². The van der Waals surface area contributed by atoms with E-state index in [2.05, 4.69) is 16.9 Å². The molecule has 0 aliphatic carbocycles. The maximum absolute atomic E-state index is 5.44. The second-order valence-corrected chi connectivity index (χ2v) is 4.12. The third kappa shape index (κ3) is 5.44. The van der Waals surface area contributed by atoms with Gasteiger partial charge in [-0.1, -0.05) is 18.3 Å². The standard InChI is InChI=1S/C11H17N3S/c1-14(9-6-11(12)15)8-5-10-4-2-3-7-13-10/h2-4,7H,5-6,8-9H2,1H3,(H2,12,15). The predicted molar refractivity (Wildman–Crippen MR) is 66.8 cm³/mol.